The molecule has 0 saturated heterocycles. The Balaban J connectivity index is 2.24. The molecule has 0 bridgehead atoms. The predicted octanol–water partition coefficient (Wildman–Crippen LogP) is 4.46. The zero-order valence-corrected chi connectivity index (χ0v) is 11.1. The van der Waals surface area contributed by atoms with E-state index >= 15 is 0 Å². The van der Waals surface area contributed by atoms with Crippen LogP contribution in [0.3, 0.4) is 0 Å². The van der Waals surface area contributed by atoms with E-state index in [2.05, 4.69) is 4.74 Å². The van der Waals surface area contributed by atoms with Crippen molar-refractivity contribution in [1.82, 2.24) is 0 Å². The van der Waals surface area contributed by atoms with Crippen LogP contribution in [-0.2, 0) is 0 Å². The van der Waals surface area contributed by atoms with Crippen molar-refractivity contribution in [3.63, 3.8) is 0 Å². The maximum Gasteiger partial charge on any atom is 0.573 e. The number of aliphatic hydroxyl groups is 1. The van der Waals surface area contributed by atoms with E-state index < -0.39 is 24.0 Å². The lowest BCUT2D eigenvalue weighted by atomic mass is 10.0. The Morgan fingerprint density at radius 1 is 1.05 bits per heavy atom. The summed E-state index contributed by atoms with van der Waals surface area (Å²) in [6.07, 6.45) is -6.04. The normalized spacial score (nSPS) is 13.0. The molecule has 1 unspecified atom stereocenters. The van der Waals surface area contributed by atoms with Gasteiger partial charge in [0.05, 0.1) is 0 Å². The number of rotatable bonds is 3. The minimum absolute atomic E-state index is 0.126. The van der Waals surface area contributed by atoms with Gasteiger partial charge in [0, 0.05) is 10.6 Å². The molecule has 112 valence electrons. The minimum atomic E-state index is -4.79. The molecule has 2 aromatic carbocycles. The van der Waals surface area contributed by atoms with Crippen LogP contribution in [0.4, 0.5) is 17.6 Å². The number of halogens is 5. The zero-order valence-electron chi connectivity index (χ0n) is 10.4. The van der Waals surface area contributed by atoms with E-state index in [0.29, 0.717) is 0 Å². The summed E-state index contributed by atoms with van der Waals surface area (Å²) in [6, 6.07) is 8.08. The summed E-state index contributed by atoms with van der Waals surface area (Å²) in [5.74, 6) is -0.991. The third-order valence-electron chi connectivity index (χ3n) is 2.68. The van der Waals surface area contributed by atoms with Crippen LogP contribution in [0.15, 0.2) is 42.5 Å². The van der Waals surface area contributed by atoms with E-state index in [1.165, 1.54) is 18.2 Å². The average Bonchev–Trinajstić information content (AvgIpc) is 2.40. The van der Waals surface area contributed by atoms with Gasteiger partial charge in [-0.1, -0.05) is 23.7 Å². The molecule has 0 aliphatic heterocycles. The molecule has 2 aromatic rings. The predicted molar refractivity (Wildman–Crippen MR) is 68.6 cm³/mol. The van der Waals surface area contributed by atoms with Crippen molar-refractivity contribution in [2.45, 2.75) is 12.5 Å². The van der Waals surface area contributed by atoms with Crippen molar-refractivity contribution in [3.8, 4) is 5.75 Å². The Labute approximate surface area is 122 Å². The van der Waals surface area contributed by atoms with E-state index in [-0.39, 0.29) is 16.1 Å². The van der Waals surface area contributed by atoms with E-state index in [1.807, 2.05) is 0 Å². The Morgan fingerprint density at radius 2 is 1.67 bits per heavy atom. The van der Waals surface area contributed by atoms with Crippen LogP contribution < -0.4 is 4.74 Å². The maximum absolute atomic E-state index is 13.2. The highest BCUT2D eigenvalue weighted by Gasteiger charge is 2.31. The monoisotopic (exact) mass is 320 g/mol. The third kappa shape index (κ3) is 4.09. The van der Waals surface area contributed by atoms with Gasteiger partial charge in [-0.05, 0) is 35.9 Å². The van der Waals surface area contributed by atoms with Crippen LogP contribution in [0.1, 0.15) is 17.2 Å². The van der Waals surface area contributed by atoms with Gasteiger partial charge < -0.3 is 9.84 Å². The zero-order chi connectivity index (χ0) is 15.6. The van der Waals surface area contributed by atoms with Gasteiger partial charge >= 0.3 is 6.36 Å². The Bertz CT molecular complexity index is 626. The Hall–Kier alpha value is -1.79. The van der Waals surface area contributed by atoms with E-state index in [4.69, 9.17) is 11.6 Å². The van der Waals surface area contributed by atoms with Crippen LogP contribution in [-0.4, -0.2) is 11.5 Å². The van der Waals surface area contributed by atoms with Gasteiger partial charge in [-0.3, -0.25) is 0 Å². The van der Waals surface area contributed by atoms with Gasteiger partial charge in [-0.25, -0.2) is 4.39 Å². The van der Waals surface area contributed by atoms with Gasteiger partial charge in [0.2, 0.25) is 0 Å². The third-order valence-corrected chi connectivity index (χ3v) is 3.03. The molecule has 0 aromatic heterocycles. The fourth-order valence-electron chi connectivity index (χ4n) is 1.76. The van der Waals surface area contributed by atoms with Crippen LogP contribution in [0.25, 0.3) is 0 Å². The lowest BCUT2D eigenvalue weighted by Crippen LogP contribution is -2.17. The lowest BCUT2D eigenvalue weighted by molar-refractivity contribution is -0.274. The first-order valence-corrected chi connectivity index (χ1v) is 6.13. The van der Waals surface area contributed by atoms with Crippen molar-refractivity contribution >= 4 is 11.6 Å². The molecule has 7 heteroatoms. The molecular weight excluding hydrogens is 312 g/mol. The largest absolute Gasteiger partial charge is 0.573 e. The summed E-state index contributed by atoms with van der Waals surface area (Å²) in [7, 11) is 0. The van der Waals surface area contributed by atoms with Gasteiger partial charge in [0.1, 0.15) is 17.7 Å². The molecule has 1 atom stereocenters. The van der Waals surface area contributed by atoms with Crippen molar-refractivity contribution in [1.29, 1.82) is 0 Å². The first-order chi connectivity index (χ1) is 9.76. The fourth-order valence-corrected chi connectivity index (χ4v) is 1.98. The smallest absolute Gasteiger partial charge is 0.406 e. The Kier molecular flexibility index (Phi) is 4.39. The highest BCUT2D eigenvalue weighted by Crippen LogP contribution is 2.30. The summed E-state index contributed by atoms with van der Waals surface area (Å²) >= 11 is 5.86. The van der Waals surface area contributed by atoms with Crippen molar-refractivity contribution in [2.75, 3.05) is 0 Å². The highest BCUT2D eigenvalue weighted by atomic mass is 35.5. The number of alkyl halides is 3. The van der Waals surface area contributed by atoms with E-state index in [9.17, 15) is 22.7 Å². The van der Waals surface area contributed by atoms with Crippen LogP contribution in [0.5, 0.6) is 5.75 Å². The van der Waals surface area contributed by atoms with Crippen molar-refractivity contribution < 1.29 is 27.4 Å². The molecule has 21 heavy (non-hydrogen) atoms. The molecule has 0 amide bonds. The molecule has 0 heterocycles. The van der Waals surface area contributed by atoms with Crippen molar-refractivity contribution in [2.24, 2.45) is 0 Å². The molecule has 1 N–H and O–H groups in total. The molecule has 0 aliphatic rings. The topological polar surface area (TPSA) is 29.5 Å². The first kappa shape index (κ1) is 15.6. The highest BCUT2D eigenvalue weighted by molar-refractivity contribution is 6.31. The maximum atomic E-state index is 13.2. The SMILES string of the molecule is OC(c1ccc(OC(F)(F)F)cc1)c1cc(F)ccc1Cl. The second kappa shape index (κ2) is 5.91. The molecular formula is C14H9ClF4O2. The van der Waals surface area contributed by atoms with Gasteiger partial charge in [-0.2, -0.15) is 0 Å². The molecule has 0 spiro atoms. The number of hydrogen-bond donors (Lipinski definition) is 1. The first-order valence-electron chi connectivity index (χ1n) is 5.75. The summed E-state index contributed by atoms with van der Waals surface area (Å²) in [4.78, 5) is 0. The fraction of sp³-hybridized carbons (Fsp3) is 0.143. The minimum Gasteiger partial charge on any atom is -0.406 e. The standard InChI is InChI=1S/C14H9ClF4O2/c15-12-6-3-9(16)7-11(12)13(20)8-1-4-10(5-2-8)21-14(17,18)19/h1-7,13,20H. The van der Waals surface area contributed by atoms with Gasteiger partial charge in [0.15, 0.2) is 0 Å². The van der Waals surface area contributed by atoms with Gasteiger partial charge in [0.25, 0.3) is 0 Å². The molecule has 0 saturated carbocycles. The number of ether oxygens (including phenoxy) is 1. The quantitative estimate of drug-likeness (QED) is 0.846. The Morgan fingerprint density at radius 3 is 2.24 bits per heavy atom. The van der Waals surface area contributed by atoms with E-state index in [1.54, 1.807) is 0 Å². The molecule has 2 nitrogen and oxygen atoms in total. The number of aliphatic hydroxyl groups excluding tert-OH is 1. The van der Waals surface area contributed by atoms with Crippen LogP contribution >= 0.6 is 11.6 Å². The summed E-state index contributed by atoms with van der Waals surface area (Å²) < 4.78 is 53.0. The second-order valence-corrected chi connectivity index (χ2v) is 4.59. The van der Waals surface area contributed by atoms with Crippen LogP contribution in [0, 0.1) is 5.82 Å². The van der Waals surface area contributed by atoms with E-state index in [0.717, 1.165) is 24.3 Å². The number of benzene rings is 2. The van der Waals surface area contributed by atoms with Crippen LogP contribution in [0.2, 0.25) is 5.02 Å². The number of hydrogen-bond acceptors (Lipinski definition) is 2. The van der Waals surface area contributed by atoms with Crippen molar-refractivity contribution in [3.05, 3.63) is 64.4 Å². The second-order valence-electron chi connectivity index (χ2n) is 4.19. The van der Waals surface area contributed by atoms with Gasteiger partial charge in [-0.15, -0.1) is 13.2 Å². The average molecular weight is 321 g/mol. The molecule has 0 aliphatic carbocycles. The molecule has 0 radical (unpaired) electrons. The summed E-state index contributed by atoms with van der Waals surface area (Å²) in [6.45, 7) is 0. The summed E-state index contributed by atoms with van der Waals surface area (Å²) in [5, 5.41) is 10.3. The summed E-state index contributed by atoms with van der Waals surface area (Å²) in [5.41, 5.74) is 0.387. The lowest BCUT2D eigenvalue weighted by Gasteiger charge is -2.14. The molecule has 2 rings (SSSR count). The molecule has 0 fully saturated rings.